The average Bonchev–Trinajstić information content (AvgIpc) is 2.22. The molecule has 0 aliphatic rings. The number of hydrogen-bond acceptors (Lipinski definition) is 5. The number of nitriles is 1. The van der Waals surface area contributed by atoms with Crippen molar-refractivity contribution in [1.29, 1.82) is 5.26 Å². The molecule has 0 bridgehead atoms. The fraction of sp³-hybridized carbons (Fsp3) is 0.400. The molecular formula is C10H15N3O4S. The van der Waals surface area contributed by atoms with Crippen LogP contribution in [0, 0.1) is 11.3 Å². The summed E-state index contributed by atoms with van der Waals surface area (Å²) in [6, 6.07) is 1.69. The molecule has 0 aromatic heterocycles. The Morgan fingerprint density at radius 3 is 2.56 bits per heavy atom. The zero-order valence-electron chi connectivity index (χ0n) is 10.1. The van der Waals surface area contributed by atoms with Crippen LogP contribution in [-0.2, 0) is 14.9 Å². The Hall–Kier alpha value is -1.85. The van der Waals surface area contributed by atoms with Crippen molar-refractivity contribution in [2.45, 2.75) is 0 Å². The van der Waals surface area contributed by atoms with Gasteiger partial charge in [-0.3, -0.25) is 9.35 Å². The van der Waals surface area contributed by atoms with E-state index in [0.29, 0.717) is 0 Å². The van der Waals surface area contributed by atoms with Gasteiger partial charge in [-0.2, -0.15) is 13.7 Å². The molecule has 0 atom stereocenters. The molecule has 0 aliphatic heterocycles. The predicted molar refractivity (Wildman–Crippen MR) is 65.9 cm³/mol. The van der Waals surface area contributed by atoms with Crippen molar-refractivity contribution in [2.24, 2.45) is 0 Å². The molecule has 0 heterocycles. The van der Waals surface area contributed by atoms with Crippen LogP contribution in [0.2, 0.25) is 0 Å². The van der Waals surface area contributed by atoms with E-state index in [1.54, 1.807) is 31.3 Å². The van der Waals surface area contributed by atoms with Gasteiger partial charge in [0, 0.05) is 20.6 Å². The number of carbonyl (C=O) groups is 1. The van der Waals surface area contributed by atoms with Crippen molar-refractivity contribution in [3.05, 3.63) is 23.9 Å². The van der Waals surface area contributed by atoms with Crippen molar-refractivity contribution < 1.29 is 17.8 Å². The SMILES string of the molecule is CN(C)/C=C/C=C(\C#N)C(=O)NCCS(=O)(=O)O. The quantitative estimate of drug-likeness (QED) is 0.292. The second-order valence-electron chi connectivity index (χ2n) is 3.54. The van der Waals surface area contributed by atoms with Gasteiger partial charge in [-0.25, -0.2) is 0 Å². The van der Waals surface area contributed by atoms with E-state index in [1.165, 1.54) is 12.2 Å². The molecule has 0 saturated heterocycles. The molecule has 0 fully saturated rings. The highest BCUT2D eigenvalue weighted by Gasteiger charge is 2.09. The molecule has 0 aliphatic carbocycles. The highest BCUT2D eigenvalue weighted by Crippen LogP contribution is 1.94. The van der Waals surface area contributed by atoms with Crippen LogP contribution < -0.4 is 5.32 Å². The van der Waals surface area contributed by atoms with Crippen molar-refractivity contribution in [3.63, 3.8) is 0 Å². The Morgan fingerprint density at radius 1 is 1.50 bits per heavy atom. The molecular weight excluding hydrogens is 258 g/mol. The van der Waals surface area contributed by atoms with Crippen LogP contribution in [0.25, 0.3) is 0 Å². The van der Waals surface area contributed by atoms with Crippen LogP contribution in [-0.4, -0.2) is 50.2 Å². The second-order valence-corrected chi connectivity index (χ2v) is 5.11. The lowest BCUT2D eigenvalue weighted by molar-refractivity contribution is -0.117. The normalized spacial score (nSPS) is 12.2. The number of allylic oxidation sites excluding steroid dienone is 2. The van der Waals surface area contributed by atoms with Crippen LogP contribution in [0.4, 0.5) is 0 Å². The molecule has 0 aromatic carbocycles. The number of carbonyl (C=O) groups excluding carboxylic acids is 1. The largest absolute Gasteiger partial charge is 0.383 e. The third-order valence-corrected chi connectivity index (χ3v) is 2.38. The van der Waals surface area contributed by atoms with Gasteiger partial charge in [0.15, 0.2) is 0 Å². The number of hydrogen-bond donors (Lipinski definition) is 2. The first-order valence-electron chi connectivity index (χ1n) is 4.94. The minimum atomic E-state index is -4.12. The number of amides is 1. The van der Waals surface area contributed by atoms with E-state index in [0.717, 1.165) is 0 Å². The third kappa shape index (κ3) is 8.32. The van der Waals surface area contributed by atoms with Gasteiger partial charge in [0.05, 0.1) is 5.75 Å². The number of nitrogens with one attached hydrogen (secondary N) is 1. The van der Waals surface area contributed by atoms with Crippen molar-refractivity contribution in [2.75, 3.05) is 26.4 Å². The van der Waals surface area contributed by atoms with Gasteiger partial charge in [0.1, 0.15) is 11.6 Å². The van der Waals surface area contributed by atoms with E-state index in [-0.39, 0.29) is 12.1 Å². The molecule has 100 valence electrons. The molecule has 0 saturated carbocycles. The first-order valence-corrected chi connectivity index (χ1v) is 6.55. The lowest BCUT2D eigenvalue weighted by Gasteiger charge is -2.03. The van der Waals surface area contributed by atoms with Gasteiger partial charge in [0.2, 0.25) is 0 Å². The first kappa shape index (κ1) is 16.1. The van der Waals surface area contributed by atoms with Crippen LogP contribution in [0.3, 0.4) is 0 Å². The summed E-state index contributed by atoms with van der Waals surface area (Å²) in [5.41, 5.74) is -0.150. The fourth-order valence-electron chi connectivity index (χ4n) is 0.864. The highest BCUT2D eigenvalue weighted by molar-refractivity contribution is 7.85. The zero-order chi connectivity index (χ0) is 14.2. The maximum atomic E-state index is 11.4. The number of rotatable bonds is 6. The summed E-state index contributed by atoms with van der Waals surface area (Å²) < 4.78 is 29.3. The summed E-state index contributed by atoms with van der Waals surface area (Å²) in [4.78, 5) is 13.1. The molecule has 8 heteroatoms. The van der Waals surface area contributed by atoms with E-state index < -0.39 is 21.8 Å². The van der Waals surface area contributed by atoms with Gasteiger partial charge in [-0.1, -0.05) is 0 Å². The Bertz CT molecular complexity index is 486. The van der Waals surface area contributed by atoms with Gasteiger partial charge < -0.3 is 10.2 Å². The van der Waals surface area contributed by atoms with E-state index in [4.69, 9.17) is 9.81 Å². The molecule has 0 radical (unpaired) electrons. The Kier molecular flexibility index (Phi) is 6.70. The molecule has 2 N–H and O–H groups in total. The van der Waals surface area contributed by atoms with Crippen molar-refractivity contribution in [1.82, 2.24) is 10.2 Å². The average molecular weight is 273 g/mol. The Balaban J connectivity index is 4.42. The standard InChI is InChI=1S/C10H15N3O4S/c1-13(2)6-3-4-9(8-11)10(14)12-5-7-18(15,16)17/h3-4,6H,5,7H2,1-2H3,(H,12,14)(H,15,16,17)/b6-3+,9-4+. The minimum absolute atomic E-state index is 0.150. The lowest BCUT2D eigenvalue weighted by Crippen LogP contribution is -2.29. The molecule has 0 aromatic rings. The van der Waals surface area contributed by atoms with E-state index >= 15 is 0 Å². The van der Waals surface area contributed by atoms with Gasteiger partial charge >= 0.3 is 0 Å². The van der Waals surface area contributed by atoms with Crippen LogP contribution in [0.1, 0.15) is 0 Å². The van der Waals surface area contributed by atoms with Crippen LogP contribution in [0.15, 0.2) is 23.9 Å². The van der Waals surface area contributed by atoms with E-state index in [1.807, 2.05) is 0 Å². The lowest BCUT2D eigenvalue weighted by atomic mass is 10.2. The van der Waals surface area contributed by atoms with E-state index in [2.05, 4.69) is 5.32 Å². The Morgan fingerprint density at radius 2 is 2.11 bits per heavy atom. The molecule has 0 spiro atoms. The van der Waals surface area contributed by atoms with Gasteiger partial charge in [0.25, 0.3) is 16.0 Å². The van der Waals surface area contributed by atoms with Crippen LogP contribution in [0.5, 0.6) is 0 Å². The highest BCUT2D eigenvalue weighted by atomic mass is 32.2. The molecule has 1 amide bonds. The monoisotopic (exact) mass is 273 g/mol. The maximum absolute atomic E-state index is 11.4. The summed E-state index contributed by atoms with van der Waals surface area (Å²) >= 11 is 0. The van der Waals surface area contributed by atoms with E-state index in [9.17, 15) is 13.2 Å². The topological polar surface area (TPSA) is 111 Å². The molecule has 0 unspecified atom stereocenters. The number of nitrogens with zero attached hydrogens (tertiary/aromatic N) is 2. The van der Waals surface area contributed by atoms with Gasteiger partial charge in [-0.05, 0) is 18.4 Å². The molecule has 18 heavy (non-hydrogen) atoms. The van der Waals surface area contributed by atoms with Crippen molar-refractivity contribution in [3.8, 4) is 6.07 Å². The van der Waals surface area contributed by atoms with Crippen LogP contribution >= 0.6 is 0 Å². The summed E-state index contributed by atoms with van der Waals surface area (Å²) in [5.74, 6) is -1.28. The smallest absolute Gasteiger partial charge is 0.266 e. The Labute approximate surface area is 106 Å². The fourth-order valence-corrected chi connectivity index (χ4v) is 1.22. The van der Waals surface area contributed by atoms with Gasteiger partial charge in [-0.15, -0.1) is 0 Å². The summed E-state index contributed by atoms with van der Waals surface area (Å²) in [7, 11) is -0.557. The summed E-state index contributed by atoms with van der Waals surface area (Å²) in [6.45, 7) is -0.256. The van der Waals surface area contributed by atoms with Crippen molar-refractivity contribution >= 4 is 16.0 Å². The molecule has 0 rings (SSSR count). The third-order valence-electron chi connectivity index (χ3n) is 1.66. The maximum Gasteiger partial charge on any atom is 0.266 e. The zero-order valence-corrected chi connectivity index (χ0v) is 10.9. The minimum Gasteiger partial charge on any atom is -0.383 e. The second kappa shape index (κ2) is 7.47. The predicted octanol–water partition coefficient (Wildman–Crippen LogP) is -0.484. The summed E-state index contributed by atoms with van der Waals surface area (Å²) in [6.07, 6.45) is 4.46. The first-order chi connectivity index (χ1) is 8.26. The summed E-state index contributed by atoms with van der Waals surface area (Å²) in [5, 5.41) is 10.9. The molecule has 7 nitrogen and oxygen atoms in total.